The molecule has 0 unspecified atom stereocenters. The highest BCUT2D eigenvalue weighted by Crippen LogP contribution is 2.48. The van der Waals surface area contributed by atoms with E-state index < -0.39 is 0 Å². The van der Waals surface area contributed by atoms with E-state index in [-0.39, 0.29) is 12.1 Å². The lowest BCUT2D eigenvalue weighted by molar-refractivity contribution is 0.246. The van der Waals surface area contributed by atoms with E-state index in [4.69, 9.17) is 4.99 Å². The zero-order valence-electron chi connectivity index (χ0n) is 15.8. The van der Waals surface area contributed by atoms with Gasteiger partial charge in [-0.05, 0) is 42.3 Å². The summed E-state index contributed by atoms with van der Waals surface area (Å²) in [5.41, 5.74) is 3.54. The molecule has 0 radical (unpaired) electrons. The summed E-state index contributed by atoms with van der Waals surface area (Å²) in [7, 11) is 0. The van der Waals surface area contributed by atoms with E-state index in [0.29, 0.717) is 6.04 Å². The highest BCUT2D eigenvalue weighted by Gasteiger charge is 2.46. The number of rotatable bonds is 5. The number of hydrogen-bond donors (Lipinski definition) is 0. The molecule has 2 aliphatic rings. The smallest absolute Gasteiger partial charge is 0.160 e. The van der Waals surface area contributed by atoms with E-state index >= 15 is 0 Å². The lowest BCUT2D eigenvalue weighted by atomic mass is 9.99. The van der Waals surface area contributed by atoms with Gasteiger partial charge in [-0.2, -0.15) is 0 Å². The van der Waals surface area contributed by atoms with Gasteiger partial charge in [-0.3, -0.25) is 15.0 Å². The van der Waals surface area contributed by atoms with E-state index in [1.165, 1.54) is 16.4 Å². The third kappa shape index (κ3) is 3.02. The molecule has 28 heavy (non-hydrogen) atoms. The average molecular weight is 390 g/mol. The zero-order valence-corrected chi connectivity index (χ0v) is 16.7. The fraction of sp³-hybridized carbons (Fsp3) is 0.318. The van der Waals surface area contributed by atoms with E-state index in [2.05, 4.69) is 62.9 Å². The first-order chi connectivity index (χ1) is 13.8. The minimum atomic E-state index is 0.0283. The summed E-state index contributed by atoms with van der Waals surface area (Å²) in [5.74, 6) is 1.12. The van der Waals surface area contributed by atoms with Gasteiger partial charge in [0, 0.05) is 48.8 Å². The SMILES string of the molecule is CC[C@@H]1CSC2=N[C@H](c3ccccn3)[C@H](c3cccn3Cc3cccnc3)N21. The second-order valence-electron chi connectivity index (χ2n) is 7.26. The normalized spacial score (nSPS) is 23.7. The van der Waals surface area contributed by atoms with Crippen molar-refractivity contribution < 1.29 is 0 Å². The molecule has 0 aliphatic carbocycles. The Bertz CT molecular complexity index is 969. The Morgan fingerprint density at radius 1 is 1.11 bits per heavy atom. The van der Waals surface area contributed by atoms with Crippen molar-refractivity contribution in [2.75, 3.05) is 5.75 Å². The van der Waals surface area contributed by atoms with Gasteiger partial charge >= 0.3 is 0 Å². The van der Waals surface area contributed by atoms with Gasteiger partial charge in [0.1, 0.15) is 6.04 Å². The zero-order chi connectivity index (χ0) is 18.9. The maximum atomic E-state index is 5.12. The number of aliphatic imine (C=N–C) groups is 1. The van der Waals surface area contributed by atoms with Crippen molar-refractivity contribution in [2.45, 2.75) is 38.0 Å². The first kappa shape index (κ1) is 17.5. The molecule has 3 aromatic heterocycles. The van der Waals surface area contributed by atoms with Crippen molar-refractivity contribution >= 4 is 16.9 Å². The van der Waals surface area contributed by atoms with Crippen LogP contribution in [0.2, 0.25) is 0 Å². The van der Waals surface area contributed by atoms with Crippen LogP contribution >= 0.6 is 11.8 Å². The number of hydrogen-bond acceptors (Lipinski definition) is 5. The van der Waals surface area contributed by atoms with Gasteiger partial charge < -0.3 is 9.47 Å². The van der Waals surface area contributed by atoms with Gasteiger partial charge in [0.25, 0.3) is 0 Å². The molecule has 0 saturated carbocycles. The van der Waals surface area contributed by atoms with Crippen LogP contribution in [-0.4, -0.2) is 36.4 Å². The van der Waals surface area contributed by atoms with Gasteiger partial charge in [-0.15, -0.1) is 0 Å². The number of amidine groups is 1. The van der Waals surface area contributed by atoms with Crippen LogP contribution in [0, 0.1) is 0 Å². The van der Waals surface area contributed by atoms with E-state index in [1.807, 2.05) is 42.5 Å². The summed E-state index contributed by atoms with van der Waals surface area (Å²) in [5, 5.41) is 1.17. The fourth-order valence-electron chi connectivity index (χ4n) is 4.20. The van der Waals surface area contributed by atoms with E-state index in [1.54, 1.807) is 0 Å². The Balaban J connectivity index is 1.55. The minimum Gasteiger partial charge on any atom is -0.345 e. The van der Waals surface area contributed by atoms with E-state index in [0.717, 1.165) is 24.4 Å². The van der Waals surface area contributed by atoms with Gasteiger partial charge in [0.2, 0.25) is 0 Å². The minimum absolute atomic E-state index is 0.0283. The second-order valence-corrected chi connectivity index (χ2v) is 8.25. The number of thioether (sulfide) groups is 1. The molecule has 5 nitrogen and oxygen atoms in total. The quantitative estimate of drug-likeness (QED) is 0.652. The van der Waals surface area contributed by atoms with Crippen LogP contribution < -0.4 is 0 Å². The monoisotopic (exact) mass is 389 g/mol. The fourth-order valence-corrected chi connectivity index (χ4v) is 5.54. The molecule has 6 heteroatoms. The molecule has 5 rings (SSSR count). The Hall–Kier alpha value is -2.60. The summed E-state index contributed by atoms with van der Waals surface area (Å²) in [4.78, 5) is 16.6. The van der Waals surface area contributed by atoms with Crippen molar-refractivity contribution in [3.8, 4) is 0 Å². The third-order valence-electron chi connectivity index (χ3n) is 5.57. The molecule has 0 aromatic carbocycles. The van der Waals surface area contributed by atoms with Crippen LogP contribution in [0.5, 0.6) is 0 Å². The maximum absolute atomic E-state index is 5.12. The van der Waals surface area contributed by atoms with Crippen molar-refractivity contribution in [1.29, 1.82) is 0 Å². The second kappa shape index (κ2) is 7.43. The molecule has 3 aromatic rings. The van der Waals surface area contributed by atoms with Crippen LogP contribution in [0.4, 0.5) is 0 Å². The third-order valence-corrected chi connectivity index (χ3v) is 6.70. The summed E-state index contributed by atoms with van der Waals surface area (Å²) in [6.07, 6.45) is 8.93. The Labute approximate surface area is 169 Å². The maximum Gasteiger partial charge on any atom is 0.160 e. The molecular weight excluding hydrogens is 366 g/mol. The van der Waals surface area contributed by atoms with Crippen LogP contribution in [0.25, 0.3) is 0 Å². The molecule has 0 bridgehead atoms. The standard InChI is InChI=1S/C22H23N5S/c1-2-17-15-28-22-25-20(18-8-3-4-11-24-18)21(27(17)22)19-9-6-12-26(19)14-16-7-5-10-23-13-16/h3-13,17,20-21H,2,14-15H2,1H3/t17-,20-,21+/m1/s1. The Morgan fingerprint density at radius 2 is 2.07 bits per heavy atom. The number of aromatic nitrogens is 3. The summed E-state index contributed by atoms with van der Waals surface area (Å²) >= 11 is 1.88. The van der Waals surface area contributed by atoms with Crippen molar-refractivity contribution in [3.63, 3.8) is 0 Å². The van der Waals surface area contributed by atoms with Crippen molar-refractivity contribution in [1.82, 2.24) is 19.4 Å². The molecule has 1 saturated heterocycles. The summed E-state index contributed by atoms with van der Waals surface area (Å²) in [6.45, 7) is 3.09. The Morgan fingerprint density at radius 3 is 2.86 bits per heavy atom. The first-order valence-corrected chi connectivity index (χ1v) is 10.8. The number of pyridine rings is 2. The van der Waals surface area contributed by atoms with Gasteiger partial charge in [-0.1, -0.05) is 30.8 Å². The molecule has 0 amide bonds. The van der Waals surface area contributed by atoms with Crippen LogP contribution in [-0.2, 0) is 6.54 Å². The molecule has 0 spiro atoms. The largest absolute Gasteiger partial charge is 0.345 e. The van der Waals surface area contributed by atoms with Crippen molar-refractivity contribution in [3.05, 3.63) is 84.2 Å². The average Bonchev–Trinajstić information content (AvgIpc) is 3.44. The first-order valence-electron chi connectivity index (χ1n) is 9.79. The van der Waals surface area contributed by atoms with E-state index in [9.17, 15) is 0 Å². The molecular formula is C22H23N5S. The summed E-state index contributed by atoms with van der Waals surface area (Å²) in [6, 6.07) is 15.4. The topological polar surface area (TPSA) is 46.3 Å². The lowest BCUT2D eigenvalue weighted by Crippen LogP contribution is -2.36. The Kier molecular flexibility index (Phi) is 4.64. The molecule has 0 N–H and O–H groups in total. The molecule has 1 fully saturated rings. The predicted molar refractivity (Wildman–Crippen MR) is 113 cm³/mol. The molecule has 3 atom stereocenters. The highest BCUT2D eigenvalue weighted by atomic mass is 32.2. The molecule has 142 valence electrons. The van der Waals surface area contributed by atoms with Crippen LogP contribution in [0.15, 0.2) is 72.2 Å². The lowest BCUT2D eigenvalue weighted by Gasteiger charge is -2.32. The van der Waals surface area contributed by atoms with Gasteiger partial charge in [-0.25, -0.2) is 0 Å². The predicted octanol–water partition coefficient (Wildman–Crippen LogP) is 4.31. The van der Waals surface area contributed by atoms with Crippen LogP contribution in [0.1, 0.15) is 42.4 Å². The summed E-state index contributed by atoms with van der Waals surface area (Å²) < 4.78 is 2.34. The van der Waals surface area contributed by atoms with Crippen LogP contribution in [0.3, 0.4) is 0 Å². The highest BCUT2D eigenvalue weighted by molar-refractivity contribution is 8.14. The molecule has 2 aliphatic heterocycles. The number of fused-ring (bicyclic) bond motifs is 1. The van der Waals surface area contributed by atoms with Crippen molar-refractivity contribution in [2.24, 2.45) is 4.99 Å². The number of nitrogens with zero attached hydrogens (tertiary/aromatic N) is 5. The van der Waals surface area contributed by atoms with Gasteiger partial charge in [0.15, 0.2) is 5.17 Å². The van der Waals surface area contributed by atoms with Gasteiger partial charge in [0.05, 0.1) is 11.7 Å². The molecule has 5 heterocycles.